The predicted molar refractivity (Wildman–Crippen MR) is 214 cm³/mol. The molecule has 0 aromatic rings. The fourth-order valence-corrected chi connectivity index (χ4v) is 6.61. The highest BCUT2D eigenvalue weighted by Gasteiger charge is 2.24. The summed E-state index contributed by atoms with van der Waals surface area (Å²) in [5, 5.41) is 8.89. The first-order valence-corrected chi connectivity index (χ1v) is 22.4. The molecule has 0 aromatic heterocycles. The number of unbranched alkanes of at least 4 members (excludes halogenated alkanes) is 28. The van der Waals surface area contributed by atoms with Crippen LogP contribution in [0.1, 0.15) is 232 Å². The number of quaternary nitrogens is 1. The van der Waals surface area contributed by atoms with Crippen LogP contribution >= 0.6 is 0 Å². The summed E-state index contributed by atoms with van der Waals surface area (Å²) >= 11 is 0. The number of ether oxygens (including phenoxy) is 3. The van der Waals surface area contributed by atoms with Crippen LogP contribution in [0.5, 0.6) is 0 Å². The van der Waals surface area contributed by atoms with Gasteiger partial charge in [0.2, 0.25) is 0 Å². The van der Waals surface area contributed by atoms with Crippen molar-refractivity contribution in [2.75, 3.05) is 13.2 Å². The molecule has 0 spiro atoms. The van der Waals surface area contributed by atoms with Gasteiger partial charge in [-0.25, -0.2) is 4.79 Å². The normalized spacial score (nSPS) is 12.4. The van der Waals surface area contributed by atoms with Crippen LogP contribution in [0.3, 0.4) is 0 Å². The molecule has 0 saturated carbocycles. The lowest BCUT2D eigenvalue weighted by Gasteiger charge is -2.19. The molecule has 0 bridgehead atoms. The molecular weight excluding hydrogens is 670 g/mol. The fraction of sp³-hybridized carbons (Fsp3) is 0.909. The van der Waals surface area contributed by atoms with E-state index in [0.717, 1.165) is 38.5 Å². The summed E-state index contributed by atoms with van der Waals surface area (Å²) in [6, 6.07) is -0.851. The largest absolute Gasteiger partial charge is 0.481 e. The van der Waals surface area contributed by atoms with Gasteiger partial charge in [-0.1, -0.05) is 194 Å². The van der Waals surface area contributed by atoms with E-state index in [4.69, 9.17) is 19.3 Å². The van der Waals surface area contributed by atoms with Crippen LogP contribution in [-0.4, -0.2) is 54.3 Å². The monoisotopic (exact) mass is 755 g/mol. The molecule has 0 heterocycles. The highest BCUT2D eigenvalue weighted by atomic mass is 16.6. The average molecular weight is 755 g/mol. The first kappa shape index (κ1) is 50.8. The summed E-state index contributed by atoms with van der Waals surface area (Å²) < 4.78 is 16.3. The van der Waals surface area contributed by atoms with Crippen molar-refractivity contribution in [1.29, 1.82) is 0 Å². The summed E-state index contributed by atoms with van der Waals surface area (Å²) in [6.45, 7) is 4.06. The quantitative estimate of drug-likeness (QED) is 0.0356. The van der Waals surface area contributed by atoms with E-state index in [1.54, 1.807) is 0 Å². The first-order chi connectivity index (χ1) is 25.8. The molecule has 0 aromatic carbocycles. The van der Waals surface area contributed by atoms with E-state index < -0.39 is 30.1 Å². The minimum atomic E-state index is -1.02. The number of esters is 3. The van der Waals surface area contributed by atoms with Crippen molar-refractivity contribution < 1.29 is 44.2 Å². The van der Waals surface area contributed by atoms with Gasteiger partial charge < -0.3 is 25.1 Å². The Morgan fingerprint density at radius 3 is 1.13 bits per heavy atom. The zero-order valence-electron chi connectivity index (χ0n) is 34.6. The number of aliphatic carboxylic acids is 1. The van der Waals surface area contributed by atoms with Crippen molar-refractivity contribution in [3.8, 4) is 0 Å². The van der Waals surface area contributed by atoms with Crippen molar-refractivity contribution in [2.24, 2.45) is 0 Å². The number of rotatable bonds is 41. The Balaban J connectivity index is 4.22. The van der Waals surface area contributed by atoms with Gasteiger partial charge in [0, 0.05) is 19.3 Å². The average Bonchev–Trinajstić information content (AvgIpc) is 3.14. The van der Waals surface area contributed by atoms with Crippen LogP contribution < -0.4 is 5.73 Å². The summed E-state index contributed by atoms with van der Waals surface area (Å²) in [6.07, 6.45) is 36.9. The summed E-state index contributed by atoms with van der Waals surface area (Å²) in [4.78, 5) is 48.3. The van der Waals surface area contributed by atoms with Gasteiger partial charge >= 0.3 is 23.9 Å². The minimum Gasteiger partial charge on any atom is -0.481 e. The first-order valence-electron chi connectivity index (χ1n) is 22.4. The third-order valence-corrected chi connectivity index (χ3v) is 10.1. The maximum atomic E-state index is 12.6. The number of carbonyl (C=O) groups excluding carboxylic acids is 3. The van der Waals surface area contributed by atoms with Gasteiger partial charge in [-0.2, -0.15) is 0 Å². The Hall–Kier alpha value is -2.16. The standard InChI is InChI=1S/C44H83NO8/c1-3-5-7-9-11-13-15-17-19-21-23-25-27-29-31-33-42(48)51-37-39(38-52-44(50)40(45)35-36-41(46)47)53-43(49)34-32-30-28-26-24-22-20-18-16-14-12-10-8-6-4-2/h39-40H,3-38,45H2,1-2H3,(H,46,47)/p+1. The molecule has 0 amide bonds. The van der Waals surface area contributed by atoms with Crippen molar-refractivity contribution >= 4 is 23.9 Å². The van der Waals surface area contributed by atoms with Crippen molar-refractivity contribution in [3.05, 3.63) is 0 Å². The highest BCUT2D eigenvalue weighted by Crippen LogP contribution is 2.16. The molecule has 0 aliphatic rings. The topological polar surface area (TPSA) is 144 Å². The zero-order valence-corrected chi connectivity index (χ0v) is 34.6. The number of hydrogen-bond donors (Lipinski definition) is 2. The lowest BCUT2D eigenvalue weighted by Crippen LogP contribution is -2.65. The molecule has 0 fully saturated rings. The summed E-state index contributed by atoms with van der Waals surface area (Å²) in [5.41, 5.74) is 3.69. The Bertz CT molecular complexity index is 866. The maximum absolute atomic E-state index is 12.6. The predicted octanol–water partition coefficient (Wildman–Crippen LogP) is 11.0. The van der Waals surface area contributed by atoms with E-state index >= 15 is 0 Å². The Morgan fingerprint density at radius 2 is 0.774 bits per heavy atom. The van der Waals surface area contributed by atoms with E-state index in [1.807, 2.05) is 0 Å². The Labute approximate surface area is 325 Å². The van der Waals surface area contributed by atoms with Crippen LogP contribution in [0, 0.1) is 0 Å². The van der Waals surface area contributed by atoms with E-state index in [0.29, 0.717) is 6.42 Å². The number of carboxylic acids is 1. The van der Waals surface area contributed by atoms with E-state index in [1.165, 1.54) is 154 Å². The molecule has 2 unspecified atom stereocenters. The van der Waals surface area contributed by atoms with E-state index in [9.17, 15) is 19.2 Å². The second-order valence-corrected chi connectivity index (χ2v) is 15.5. The number of carbonyl (C=O) groups is 4. The molecule has 9 heteroatoms. The van der Waals surface area contributed by atoms with E-state index in [2.05, 4.69) is 19.6 Å². The number of hydrogen-bond acceptors (Lipinski definition) is 7. The maximum Gasteiger partial charge on any atom is 0.364 e. The lowest BCUT2D eigenvalue weighted by molar-refractivity contribution is -0.409. The molecule has 53 heavy (non-hydrogen) atoms. The molecule has 0 aliphatic heterocycles. The van der Waals surface area contributed by atoms with Crippen molar-refractivity contribution in [3.63, 3.8) is 0 Å². The van der Waals surface area contributed by atoms with Gasteiger partial charge in [0.05, 0.1) is 6.42 Å². The van der Waals surface area contributed by atoms with Gasteiger partial charge in [-0.15, -0.1) is 0 Å². The van der Waals surface area contributed by atoms with Crippen LogP contribution in [0.25, 0.3) is 0 Å². The van der Waals surface area contributed by atoms with Crippen LogP contribution in [0.15, 0.2) is 0 Å². The molecule has 312 valence electrons. The van der Waals surface area contributed by atoms with Gasteiger partial charge in [-0.3, -0.25) is 14.4 Å². The molecule has 9 nitrogen and oxygen atoms in total. The third kappa shape index (κ3) is 37.9. The second-order valence-electron chi connectivity index (χ2n) is 15.5. The lowest BCUT2D eigenvalue weighted by atomic mass is 10.0. The van der Waals surface area contributed by atoms with E-state index in [-0.39, 0.29) is 38.4 Å². The molecule has 0 radical (unpaired) electrons. The van der Waals surface area contributed by atoms with Gasteiger partial charge in [0.1, 0.15) is 13.2 Å². The van der Waals surface area contributed by atoms with Crippen LogP contribution in [0.4, 0.5) is 0 Å². The van der Waals surface area contributed by atoms with Gasteiger partial charge in [0.15, 0.2) is 12.1 Å². The minimum absolute atomic E-state index is 0.0477. The third-order valence-electron chi connectivity index (χ3n) is 10.1. The SMILES string of the molecule is CCCCCCCCCCCCCCCCCC(=O)OCC(COC(=O)C([NH3+])CCC(=O)O)OC(=O)CCCCCCCCCCCCCCCCC. The van der Waals surface area contributed by atoms with Crippen LogP contribution in [0.2, 0.25) is 0 Å². The molecule has 0 saturated heterocycles. The molecular formula is C44H84NO8+. The second kappa shape index (κ2) is 39.5. The summed E-state index contributed by atoms with van der Waals surface area (Å²) in [7, 11) is 0. The van der Waals surface area contributed by atoms with Gasteiger partial charge in [-0.05, 0) is 12.8 Å². The summed E-state index contributed by atoms with van der Waals surface area (Å²) in [5.74, 6) is -2.45. The Morgan fingerprint density at radius 1 is 0.453 bits per heavy atom. The van der Waals surface area contributed by atoms with Gasteiger partial charge in [0.25, 0.3) is 0 Å². The molecule has 2 atom stereocenters. The number of carboxylic acid groups (broad SMARTS) is 1. The fourth-order valence-electron chi connectivity index (χ4n) is 6.61. The molecule has 0 rings (SSSR count). The van der Waals surface area contributed by atoms with Crippen molar-refractivity contribution in [2.45, 2.75) is 244 Å². The van der Waals surface area contributed by atoms with Crippen molar-refractivity contribution in [1.82, 2.24) is 0 Å². The smallest absolute Gasteiger partial charge is 0.364 e. The van der Waals surface area contributed by atoms with Crippen LogP contribution in [-0.2, 0) is 33.4 Å². The molecule has 0 aliphatic carbocycles. The highest BCUT2D eigenvalue weighted by molar-refractivity contribution is 5.75. The zero-order chi connectivity index (χ0) is 39.0. The Kier molecular flexibility index (Phi) is 37.9. The molecule has 4 N–H and O–H groups in total.